The van der Waals surface area contributed by atoms with Gasteiger partial charge in [-0.2, -0.15) is 0 Å². The summed E-state index contributed by atoms with van der Waals surface area (Å²) in [7, 11) is 0. The number of para-hydroxylation sites is 1. The van der Waals surface area contributed by atoms with Crippen LogP contribution in [0.4, 0.5) is 5.69 Å². The Balaban J connectivity index is 2.29. The number of aliphatic hydroxyl groups is 1. The largest absolute Gasteiger partial charge is 0.395 e. The number of nitrogens with one attached hydrogen (secondary N) is 1. The predicted octanol–water partition coefficient (Wildman–Crippen LogP) is 2.11. The first-order valence-corrected chi connectivity index (χ1v) is 7.36. The molecule has 0 amide bonds. The van der Waals surface area contributed by atoms with Gasteiger partial charge in [0.25, 0.3) is 0 Å². The molecule has 2 atom stereocenters. The SMILES string of the molecule is CCc1cccc(C)c1N1CCC(C)NC(CO)C1. The van der Waals surface area contributed by atoms with Crippen molar-refractivity contribution in [2.75, 3.05) is 24.6 Å². The quantitative estimate of drug-likeness (QED) is 0.876. The van der Waals surface area contributed by atoms with Crippen LogP contribution in [-0.2, 0) is 6.42 Å². The summed E-state index contributed by atoms with van der Waals surface area (Å²) in [6.07, 6.45) is 2.17. The van der Waals surface area contributed by atoms with Crippen LogP contribution in [0.3, 0.4) is 0 Å². The first-order valence-electron chi connectivity index (χ1n) is 7.36. The van der Waals surface area contributed by atoms with Gasteiger partial charge in [0, 0.05) is 30.9 Å². The fourth-order valence-corrected chi connectivity index (χ4v) is 3.02. The Kier molecular flexibility index (Phi) is 4.83. The summed E-state index contributed by atoms with van der Waals surface area (Å²) in [5.74, 6) is 0. The summed E-state index contributed by atoms with van der Waals surface area (Å²) in [4.78, 5) is 2.45. The van der Waals surface area contributed by atoms with Gasteiger partial charge in [0.2, 0.25) is 0 Å². The van der Waals surface area contributed by atoms with Crippen molar-refractivity contribution in [3.63, 3.8) is 0 Å². The van der Waals surface area contributed by atoms with Gasteiger partial charge >= 0.3 is 0 Å². The van der Waals surface area contributed by atoms with Crippen LogP contribution in [0.25, 0.3) is 0 Å². The molecular formula is C16H26N2O. The molecule has 19 heavy (non-hydrogen) atoms. The van der Waals surface area contributed by atoms with E-state index in [9.17, 15) is 5.11 Å². The van der Waals surface area contributed by atoms with E-state index < -0.39 is 0 Å². The molecule has 1 aliphatic rings. The van der Waals surface area contributed by atoms with Crippen molar-refractivity contribution < 1.29 is 5.11 Å². The first-order chi connectivity index (χ1) is 9.15. The molecule has 1 aliphatic heterocycles. The third kappa shape index (κ3) is 3.28. The minimum absolute atomic E-state index is 0.168. The normalized spacial score (nSPS) is 24.3. The minimum atomic E-state index is 0.168. The number of hydrogen-bond donors (Lipinski definition) is 2. The Bertz CT molecular complexity index is 419. The molecule has 2 rings (SSSR count). The number of nitrogens with zero attached hydrogens (tertiary/aromatic N) is 1. The summed E-state index contributed by atoms with van der Waals surface area (Å²) in [5.41, 5.74) is 4.12. The van der Waals surface area contributed by atoms with Crippen LogP contribution in [-0.4, -0.2) is 36.9 Å². The van der Waals surface area contributed by atoms with Crippen molar-refractivity contribution >= 4 is 5.69 Å². The molecule has 0 aromatic heterocycles. The average molecular weight is 262 g/mol. The zero-order valence-electron chi connectivity index (χ0n) is 12.3. The summed E-state index contributed by atoms with van der Waals surface area (Å²) in [5, 5.41) is 13.0. The van der Waals surface area contributed by atoms with Crippen LogP contribution in [0, 0.1) is 6.92 Å². The number of anilines is 1. The van der Waals surface area contributed by atoms with E-state index in [0.29, 0.717) is 6.04 Å². The van der Waals surface area contributed by atoms with E-state index in [0.717, 1.165) is 25.9 Å². The van der Waals surface area contributed by atoms with Crippen LogP contribution in [0.2, 0.25) is 0 Å². The number of hydrogen-bond acceptors (Lipinski definition) is 3. The van der Waals surface area contributed by atoms with E-state index in [1.807, 2.05) is 0 Å². The summed E-state index contributed by atoms with van der Waals surface area (Å²) in [6, 6.07) is 7.18. The monoisotopic (exact) mass is 262 g/mol. The third-order valence-electron chi connectivity index (χ3n) is 4.03. The second-order valence-electron chi connectivity index (χ2n) is 5.62. The molecule has 0 aliphatic carbocycles. The third-order valence-corrected chi connectivity index (χ3v) is 4.03. The Labute approximate surface area is 116 Å². The Morgan fingerprint density at radius 1 is 1.42 bits per heavy atom. The zero-order valence-corrected chi connectivity index (χ0v) is 12.3. The van der Waals surface area contributed by atoms with Crippen LogP contribution in [0.1, 0.15) is 31.4 Å². The first kappa shape index (κ1) is 14.4. The molecule has 1 heterocycles. The van der Waals surface area contributed by atoms with Crippen molar-refractivity contribution in [1.29, 1.82) is 0 Å². The highest BCUT2D eigenvalue weighted by molar-refractivity contribution is 5.59. The minimum Gasteiger partial charge on any atom is -0.395 e. The van der Waals surface area contributed by atoms with E-state index in [2.05, 4.69) is 49.2 Å². The second-order valence-corrected chi connectivity index (χ2v) is 5.62. The number of aryl methyl sites for hydroxylation is 2. The van der Waals surface area contributed by atoms with Crippen LogP contribution >= 0.6 is 0 Å². The number of rotatable bonds is 3. The maximum atomic E-state index is 9.51. The molecule has 0 spiro atoms. The van der Waals surface area contributed by atoms with Gasteiger partial charge in [0.1, 0.15) is 0 Å². The number of benzene rings is 1. The van der Waals surface area contributed by atoms with Gasteiger partial charge in [-0.3, -0.25) is 0 Å². The molecule has 2 N–H and O–H groups in total. The lowest BCUT2D eigenvalue weighted by Gasteiger charge is -2.29. The number of aliphatic hydroxyl groups excluding tert-OH is 1. The van der Waals surface area contributed by atoms with Gasteiger partial charge in [-0.15, -0.1) is 0 Å². The molecule has 1 aromatic rings. The van der Waals surface area contributed by atoms with Gasteiger partial charge in [0.15, 0.2) is 0 Å². The fourth-order valence-electron chi connectivity index (χ4n) is 3.02. The van der Waals surface area contributed by atoms with E-state index in [-0.39, 0.29) is 12.6 Å². The predicted molar refractivity (Wildman–Crippen MR) is 80.9 cm³/mol. The fraction of sp³-hybridized carbons (Fsp3) is 0.625. The van der Waals surface area contributed by atoms with Crippen molar-refractivity contribution in [1.82, 2.24) is 5.32 Å². The highest BCUT2D eigenvalue weighted by Crippen LogP contribution is 2.27. The van der Waals surface area contributed by atoms with Crippen molar-refractivity contribution in [3.8, 4) is 0 Å². The molecule has 0 bridgehead atoms. The molecule has 106 valence electrons. The highest BCUT2D eigenvalue weighted by Gasteiger charge is 2.23. The maximum Gasteiger partial charge on any atom is 0.0602 e. The lowest BCUT2D eigenvalue weighted by atomic mass is 10.0. The Hall–Kier alpha value is -1.06. The average Bonchev–Trinajstić information content (AvgIpc) is 2.60. The van der Waals surface area contributed by atoms with E-state index in [4.69, 9.17) is 0 Å². The molecule has 3 nitrogen and oxygen atoms in total. The van der Waals surface area contributed by atoms with Crippen LogP contribution in [0.15, 0.2) is 18.2 Å². The molecule has 2 unspecified atom stereocenters. The van der Waals surface area contributed by atoms with Crippen molar-refractivity contribution in [2.24, 2.45) is 0 Å². The summed E-state index contributed by atoms with van der Waals surface area (Å²) < 4.78 is 0. The smallest absolute Gasteiger partial charge is 0.0602 e. The van der Waals surface area contributed by atoms with Gasteiger partial charge in [-0.1, -0.05) is 25.1 Å². The van der Waals surface area contributed by atoms with Crippen molar-refractivity contribution in [3.05, 3.63) is 29.3 Å². The summed E-state index contributed by atoms with van der Waals surface area (Å²) >= 11 is 0. The molecule has 1 fully saturated rings. The van der Waals surface area contributed by atoms with E-state index in [1.165, 1.54) is 16.8 Å². The van der Waals surface area contributed by atoms with Crippen LogP contribution in [0.5, 0.6) is 0 Å². The Morgan fingerprint density at radius 2 is 2.21 bits per heavy atom. The molecule has 0 saturated carbocycles. The lowest BCUT2D eigenvalue weighted by Crippen LogP contribution is -2.43. The topological polar surface area (TPSA) is 35.5 Å². The van der Waals surface area contributed by atoms with E-state index in [1.54, 1.807) is 0 Å². The molecule has 1 saturated heterocycles. The molecule has 0 radical (unpaired) electrons. The van der Waals surface area contributed by atoms with Gasteiger partial charge in [-0.05, 0) is 37.8 Å². The lowest BCUT2D eigenvalue weighted by molar-refractivity contribution is 0.240. The second kappa shape index (κ2) is 6.40. The van der Waals surface area contributed by atoms with Crippen LogP contribution < -0.4 is 10.2 Å². The Morgan fingerprint density at radius 3 is 2.89 bits per heavy atom. The standard InChI is InChI=1S/C16H26N2O/c1-4-14-7-5-6-12(2)16(14)18-9-8-13(3)17-15(10-18)11-19/h5-7,13,15,17,19H,4,8-11H2,1-3H3. The van der Waals surface area contributed by atoms with Gasteiger partial charge in [0.05, 0.1) is 6.61 Å². The molecular weight excluding hydrogens is 236 g/mol. The van der Waals surface area contributed by atoms with E-state index >= 15 is 0 Å². The van der Waals surface area contributed by atoms with Gasteiger partial charge in [-0.25, -0.2) is 0 Å². The highest BCUT2D eigenvalue weighted by atomic mass is 16.3. The molecule has 1 aromatic carbocycles. The molecule has 3 heteroatoms. The van der Waals surface area contributed by atoms with Gasteiger partial charge < -0.3 is 15.3 Å². The van der Waals surface area contributed by atoms with Crippen molar-refractivity contribution in [2.45, 2.75) is 45.7 Å². The summed E-state index contributed by atoms with van der Waals surface area (Å²) in [6.45, 7) is 8.74. The zero-order chi connectivity index (χ0) is 13.8. The maximum absolute atomic E-state index is 9.51.